The molecule has 1 heterocycles. The second-order valence-corrected chi connectivity index (χ2v) is 8.81. The summed E-state index contributed by atoms with van der Waals surface area (Å²) in [5.74, 6) is 6.94. The van der Waals surface area contributed by atoms with Gasteiger partial charge in [0.05, 0.1) is 29.9 Å². The number of nitrogens with zero attached hydrogens (tertiary/aromatic N) is 3. The van der Waals surface area contributed by atoms with Gasteiger partial charge in [-0.15, -0.1) is 0 Å². The molecule has 0 aliphatic carbocycles. The summed E-state index contributed by atoms with van der Waals surface area (Å²) in [5, 5.41) is 20.5. The van der Waals surface area contributed by atoms with Crippen molar-refractivity contribution in [3.8, 4) is 17.9 Å². The van der Waals surface area contributed by atoms with Crippen molar-refractivity contribution in [2.24, 2.45) is 0 Å². The number of hydrogen-bond donors (Lipinski definition) is 4. The molecule has 0 saturated carbocycles. The average Bonchev–Trinajstić information content (AvgIpc) is 2.84. The summed E-state index contributed by atoms with van der Waals surface area (Å²) in [5.41, 5.74) is 1.42. The topological polar surface area (TPSA) is 141 Å². The van der Waals surface area contributed by atoms with Crippen molar-refractivity contribution in [1.82, 2.24) is 20.6 Å². The number of alkyl carbamates (subject to hydrolysis) is 1. The van der Waals surface area contributed by atoms with Crippen LogP contribution in [0.5, 0.6) is 0 Å². The van der Waals surface area contributed by atoms with Crippen LogP contribution in [0.1, 0.15) is 58.1 Å². The first-order chi connectivity index (χ1) is 17.2. The van der Waals surface area contributed by atoms with E-state index in [2.05, 4.69) is 56.1 Å². The molecular formula is C26H33N7O3. The first-order valence-corrected chi connectivity index (χ1v) is 11.8. The van der Waals surface area contributed by atoms with Crippen LogP contribution in [-0.4, -0.2) is 47.2 Å². The first-order valence-electron chi connectivity index (χ1n) is 11.8. The Kier molecular flexibility index (Phi) is 11.0. The zero-order chi connectivity index (χ0) is 26.4. The van der Waals surface area contributed by atoms with E-state index in [1.54, 1.807) is 51.2 Å². The molecule has 0 aliphatic rings. The van der Waals surface area contributed by atoms with Crippen LogP contribution in [0, 0.1) is 23.2 Å². The van der Waals surface area contributed by atoms with Gasteiger partial charge in [0.15, 0.2) is 0 Å². The molecule has 4 N–H and O–H groups in total. The largest absolute Gasteiger partial charge is 0.444 e. The molecule has 2 aromatic rings. The third-order valence-electron chi connectivity index (χ3n) is 4.42. The molecule has 0 radical (unpaired) electrons. The Labute approximate surface area is 212 Å². The number of anilines is 3. The summed E-state index contributed by atoms with van der Waals surface area (Å²) in [7, 11) is 0. The van der Waals surface area contributed by atoms with Crippen LogP contribution in [0.25, 0.3) is 0 Å². The van der Waals surface area contributed by atoms with Gasteiger partial charge < -0.3 is 26.0 Å². The number of ether oxygens (including phenoxy) is 1. The number of benzene rings is 1. The minimum absolute atomic E-state index is 0.146. The lowest BCUT2D eigenvalue weighted by molar-refractivity contribution is -0.120. The second-order valence-electron chi connectivity index (χ2n) is 8.81. The number of carbonyl (C=O) groups is 2. The van der Waals surface area contributed by atoms with Gasteiger partial charge in [0.1, 0.15) is 11.4 Å². The van der Waals surface area contributed by atoms with E-state index in [1.807, 2.05) is 0 Å². The van der Waals surface area contributed by atoms with Crippen LogP contribution in [0.2, 0.25) is 0 Å². The summed E-state index contributed by atoms with van der Waals surface area (Å²) < 4.78 is 5.09. The van der Waals surface area contributed by atoms with E-state index in [9.17, 15) is 9.59 Å². The van der Waals surface area contributed by atoms with Gasteiger partial charge in [-0.2, -0.15) is 10.2 Å². The van der Waals surface area contributed by atoms with E-state index in [-0.39, 0.29) is 12.5 Å². The van der Waals surface area contributed by atoms with Crippen molar-refractivity contribution >= 4 is 29.5 Å². The monoisotopic (exact) mass is 491 g/mol. The van der Waals surface area contributed by atoms with Crippen LogP contribution in [0.3, 0.4) is 0 Å². The highest BCUT2D eigenvalue weighted by molar-refractivity contribution is 5.82. The third kappa shape index (κ3) is 10.7. The van der Waals surface area contributed by atoms with Crippen LogP contribution >= 0.6 is 0 Å². The van der Waals surface area contributed by atoms with Crippen LogP contribution in [0.4, 0.5) is 22.2 Å². The Balaban J connectivity index is 1.84. The van der Waals surface area contributed by atoms with Crippen molar-refractivity contribution in [3.63, 3.8) is 0 Å². The van der Waals surface area contributed by atoms with Crippen molar-refractivity contribution in [1.29, 1.82) is 5.26 Å². The molecule has 0 fully saturated rings. The predicted octanol–water partition coefficient (Wildman–Crippen LogP) is 3.69. The normalized spacial score (nSPS) is 10.3. The van der Waals surface area contributed by atoms with Gasteiger partial charge in [0, 0.05) is 25.2 Å². The van der Waals surface area contributed by atoms with E-state index in [0.29, 0.717) is 42.3 Å². The maximum atomic E-state index is 11.8. The quantitative estimate of drug-likeness (QED) is 0.291. The molecule has 1 aromatic heterocycles. The maximum absolute atomic E-state index is 11.8. The Morgan fingerprint density at radius 2 is 1.86 bits per heavy atom. The summed E-state index contributed by atoms with van der Waals surface area (Å²) >= 11 is 0. The second kappa shape index (κ2) is 14.2. The zero-order valence-corrected chi connectivity index (χ0v) is 21.2. The number of hydrogen-bond acceptors (Lipinski definition) is 8. The van der Waals surface area contributed by atoms with Gasteiger partial charge in [-0.1, -0.05) is 18.8 Å². The predicted molar refractivity (Wildman–Crippen MR) is 139 cm³/mol. The summed E-state index contributed by atoms with van der Waals surface area (Å²) in [6, 6.07) is 9.11. The molecule has 2 amide bonds. The van der Waals surface area contributed by atoms with Gasteiger partial charge in [-0.05, 0) is 57.9 Å². The molecule has 0 saturated heterocycles. The fourth-order valence-corrected chi connectivity index (χ4v) is 2.76. The van der Waals surface area contributed by atoms with Crippen molar-refractivity contribution in [2.75, 3.05) is 30.3 Å². The van der Waals surface area contributed by atoms with Gasteiger partial charge in [-0.25, -0.2) is 9.78 Å². The van der Waals surface area contributed by atoms with E-state index in [1.165, 1.54) is 0 Å². The van der Waals surface area contributed by atoms with Gasteiger partial charge >= 0.3 is 6.09 Å². The van der Waals surface area contributed by atoms with E-state index in [0.717, 1.165) is 18.7 Å². The summed E-state index contributed by atoms with van der Waals surface area (Å²) in [6.07, 6.45) is 3.18. The van der Waals surface area contributed by atoms with E-state index < -0.39 is 11.7 Å². The first kappa shape index (κ1) is 27.9. The molecule has 0 aliphatic heterocycles. The number of rotatable bonds is 10. The third-order valence-corrected chi connectivity index (χ3v) is 4.42. The minimum Gasteiger partial charge on any atom is -0.444 e. The highest BCUT2D eigenvalue weighted by Crippen LogP contribution is 2.18. The maximum Gasteiger partial charge on any atom is 0.408 e. The fraction of sp³-hybridized carbons (Fsp3) is 0.423. The molecule has 1 aromatic carbocycles. The molecule has 0 spiro atoms. The van der Waals surface area contributed by atoms with Crippen LogP contribution in [0.15, 0.2) is 30.5 Å². The Hall–Kier alpha value is -4.31. The summed E-state index contributed by atoms with van der Waals surface area (Å²) in [6.45, 7) is 8.36. The van der Waals surface area contributed by atoms with Crippen LogP contribution < -0.4 is 21.3 Å². The standard InChI is InChI=1S/C26H33N7O3/c1-5-14-29-23-20(17-30-24(33-23)32-21-12-10-19(16-27)11-13-21)9-7-6-8-15-28-22(34)18-31-25(35)36-26(2,3)4/h10-13,17H,5-6,8,14-15,18H2,1-4H3,(H,28,34)(H,31,35)(H2,29,30,32,33). The van der Waals surface area contributed by atoms with Crippen LogP contribution in [-0.2, 0) is 9.53 Å². The molecule has 10 heteroatoms. The molecular weight excluding hydrogens is 458 g/mol. The van der Waals surface area contributed by atoms with Gasteiger partial charge in [0.2, 0.25) is 11.9 Å². The van der Waals surface area contributed by atoms with Crippen molar-refractivity contribution in [3.05, 3.63) is 41.6 Å². The highest BCUT2D eigenvalue weighted by Gasteiger charge is 2.16. The molecule has 2 rings (SSSR count). The van der Waals surface area contributed by atoms with Gasteiger partial charge in [0.25, 0.3) is 0 Å². The molecule has 36 heavy (non-hydrogen) atoms. The Morgan fingerprint density at radius 3 is 2.53 bits per heavy atom. The van der Waals surface area contributed by atoms with E-state index >= 15 is 0 Å². The molecule has 10 nitrogen and oxygen atoms in total. The molecule has 190 valence electrons. The summed E-state index contributed by atoms with van der Waals surface area (Å²) in [4.78, 5) is 32.3. The Bertz CT molecular complexity index is 1120. The number of nitriles is 1. The smallest absolute Gasteiger partial charge is 0.408 e. The SMILES string of the molecule is CCCNc1nc(Nc2ccc(C#N)cc2)ncc1C#CCCCNC(=O)CNC(=O)OC(C)(C)C. The Morgan fingerprint density at radius 1 is 1.11 bits per heavy atom. The number of carbonyl (C=O) groups excluding carboxylic acids is 2. The highest BCUT2D eigenvalue weighted by atomic mass is 16.6. The van der Waals surface area contributed by atoms with Crippen molar-refractivity contribution in [2.45, 2.75) is 52.6 Å². The number of nitrogens with one attached hydrogen (secondary N) is 4. The zero-order valence-electron chi connectivity index (χ0n) is 21.2. The lowest BCUT2D eigenvalue weighted by Crippen LogP contribution is -2.39. The number of unbranched alkanes of at least 4 members (excludes halogenated alkanes) is 1. The van der Waals surface area contributed by atoms with E-state index in [4.69, 9.17) is 10.00 Å². The lowest BCUT2D eigenvalue weighted by atomic mass is 10.2. The lowest BCUT2D eigenvalue weighted by Gasteiger charge is -2.19. The molecule has 0 bridgehead atoms. The van der Waals surface area contributed by atoms with Crippen molar-refractivity contribution < 1.29 is 14.3 Å². The average molecular weight is 492 g/mol. The number of aromatic nitrogens is 2. The molecule has 0 unspecified atom stereocenters. The van der Waals surface area contributed by atoms with Gasteiger partial charge in [-0.3, -0.25) is 4.79 Å². The number of amides is 2. The fourth-order valence-electron chi connectivity index (χ4n) is 2.76. The molecule has 0 atom stereocenters. The minimum atomic E-state index is -0.628.